The van der Waals surface area contributed by atoms with Gasteiger partial charge in [-0.15, -0.1) is 6.42 Å². The first-order valence-corrected chi connectivity index (χ1v) is 17.1. The molecule has 12 heteroatoms. The van der Waals surface area contributed by atoms with E-state index in [2.05, 4.69) is 16.1 Å². The molecule has 2 fully saturated rings. The minimum Gasteiger partial charge on any atom is -0.481 e. The second kappa shape index (κ2) is 15.0. The predicted octanol–water partition coefficient (Wildman–Crippen LogP) is 7.21. The zero-order chi connectivity index (χ0) is 37.4. The number of alkyl halides is 3. The van der Waals surface area contributed by atoms with E-state index in [0.29, 0.717) is 47.3 Å². The molecule has 1 amide bonds. The van der Waals surface area contributed by atoms with Gasteiger partial charge in [0, 0.05) is 37.5 Å². The first-order valence-electron chi connectivity index (χ1n) is 17.1. The molecule has 2 N–H and O–H groups in total. The average Bonchev–Trinajstić information content (AvgIpc) is 3.82. The number of benzene rings is 2. The van der Waals surface area contributed by atoms with Gasteiger partial charge in [-0.1, -0.05) is 19.8 Å². The molecule has 5 rings (SSSR count). The van der Waals surface area contributed by atoms with Crippen LogP contribution in [-0.2, 0) is 22.2 Å². The fourth-order valence-electron chi connectivity index (χ4n) is 7.18. The molecular weight excluding hydrogens is 669 g/mol. The monoisotopic (exact) mass is 711 g/mol. The molecule has 7 nitrogen and oxygen atoms in total. The summed E-state index contributed by atoms with van der Waals surface area (Å²) in [7, 11) is 0. The lowest BCUT2D eigenvalue weighted by atomic mass is 9.89. The highest BCUT2D eigenvalue weighted by atomic mass is 19.4. The number of rotatable bonds is 13. The van der Waals surface area contributed by atoms with E-state index in [1.807, 2.05) is 0 Å². The van der Waals surface area contributed by atoms with Crippen molar-refractivity contribution in [3.05, 3.63) is 91.9 Å². The van der Waals surface area contributed by atoms with Crippen LogP contribution >= 0.6 is 0 Å². The quantitative estimate of drug-likeness (QED) is 0.145. The Morgan fingerprint density at radius 2 is 1.69 bits per heavy atom. The summed E-state index contributed by atoms with van der Waals surface area (Å²) in [4.78, 5) is 41.7. The van der Waals surface area contributed by atoms with Gasteiger partial charge in [0.05, 0.1) is 23.6 Å². The number of terminal acetylenes is 1. The highest BCUT2D eigenvalue weighted by Crippen LogP contribution is 2.37. The first kappa shape index (κ1) is 37.7. The molecule has 3 aromatic rings. The molecule has 2 heterocycles. The number of amides is 1. The zero-order valence-corrected chi connectivity index (χ0v) is 29.0. The molecule has 0 radical (unpaired) electrons. The standard InChI is InChI=1S/C39H42F5N3O4/c1-6-26-13-27(36-22(4)10-29(40)11-23(36)5)14-30(37(26)41)32(16-35(49)50)45-38(51)33(9-21(2)3)47-20-28(31(15-34(47)48)39(42,43)44)12-25-18-46(19-25)17-24-7-8-24/h1,10-11,13-15,20-21,24-25,32-33H,7-9,12,16-19H2,2-5H3,(H,45,51)(H,49,50)/t32-,33-/m1/s1. The largest absolute Gasteiger partial charge is 0.481 e. The zero-order valence-electron chi connectivity index (χ0n) is 29.0. The van der Waals surface area contributed by atoms with Crippen molar-refractivity contribution >= 4 is 11.9 Å². The van der Waals surface area contributed by atoms with Gasteiger partial charge in [0.25, 0.3) is 5.56 Å². The maximum Gasteiger partial charge on any atom is 0.416 e. The third-order valence-electron chi connectivity index (χ3n) is 9.67. The third kappa shape index (κ3) is 8.87. The van der Waals surface area contributed by atoms with Crippen LogP contribution in [0.1, 0.15) is 85.0 Å². The van der Waals surface area contributed by atoms with Gasteiger partial charge in [-0.3, -0.25) is 14.4 Å². The summed E-state index contributed by atoms with van der Waals surface area (Å²) in [6, 6.07) is 2.99. The summed E-state index contributed by atoms with van der Waals surface area (Å²) in [6.07, 6.45) is 3.54. The molecule has 1 saturated carbocycles. The van der Waals surface area contributed by atoms with E-state index in [-0.39, 0.29) is 41.4 Å². The number of halogens is 5. The molecule has 1 aliphatic carbocycles. The van der Waals surface area contributed by atoms with Crippen LogP contribution in [0.4, 0.5) is 22.0 Å². The van der Waals surface area contributed by atoms with Gasteiger partial charge in [-0.2, -0.15) is 13.2 Å². The smallest absolute Gasteiger partial charge is 0.416 e. The van der Waals surface area contributed by atoms with Gasteiger partial charge in [0.1, 0.15) is 17.7 Å². The molecule has 2 atom stereocenters. The normalized spacial score (nSPS) is 16.4. The van der Waals surface area contributed by atoms with Crippen molar-refractivity contribution in [2.45, 2.75) is 78.1 Å². The first-order chi connectivity index (χ1) is 23.9. The summed E-state index contributed by atoms with van der Waals surface area (Å²) < 4.78 is 73.6. The van der Waals surface area contributed by atoms with E-state index in [9.17, 15) is 37.1 Å². The van der Waals surface area contributed by atoms with Gasteiger partial charge < -0.3 is 19.9 Å². The molecule has 272 valence electrons. The van der Waals surface area contributed by atoms with Crippen molar-refractivity contribution < 1.29 is 36.6 Å². The topological polar surface area (TPSA) is 91.6 Å². The Morgan fingerprint density at radius 1 is 1.04 bits per heavy atom. The van der Waals surface area contributed by atoms with Crippen molar-refractivity contribution in [3.8, 4) is 23.5 Å². The van der Waals surface area contributed by atoms with Crippen molar-refractivity contribution in [3.63, 3.8) is 0 Å². The van der Waals surface area contributed by atoms with E-state index < -0.39 is 59.3 Å². The molecule has 2 aliphatic rings. The number of aryl methyl sites for hydroxylation is 2. The van der Waals surface area contributed by atoms with Crippen LogP contribution in [0.2, 0.25) is 0 Å². The fraction of sp³-hybridized carbons (Fsp3) is 0.462. The van der Waals surface area contributed by atoms with Crippen molar-refractivity contribution in [1.82, 2.24) is 14.8 Å². The van der Waals surface area contributed by atoms with Crippen molar-refractivity contribution in [1.29, 1.82) is 0 Å². The summed E-state index contributed by atoms with van der Waals surface area (Å²) in [5.41, 5.74) is -0.735. The Hall–Kier alpha value is -4.50. The van der Waals surface area contributed by atoms with E-state index in [1.54, 1.807) is 27.7 Å². The highest BCUT2D eigenvalue weighted by molar-refractivity contribution is 5.82. The van der Waals surface area contributed by atoms with Crippen LogP contribution in [0.15, 0.2) is 41.3 Å². The van der Waals surface area contributed by atoms with E-state index in [4.69, 9.17) is 6.42 Å². The number of carbonyl (C=O) groups excluding carboxylic acids is 1. The molecule has 0 bridgehead atoms. The van der Waals surface area contributed by atoms with Crippen LogP contribution < -0.4 is 10.9 Å². The Morgan fingerprint density at radius 3 is 2.24 bits per heavy atom. The predicted molar refractivity (Wildman–Crippen MR) is 183 cm³/mol. The van der Waals surface area contributed by atoms with Gasteiger partial charge in [0.2, 0.25) is 5.91 Å². The third-order valence-corrected chi connectivity index (χ3v) is 9.67. The van der Waals surface area contributed by atoms with Gasteiger partial charge in [-0.05, 0) is 109 Å². The summed E-state index contributed by atoms with van der Waals surface area (Å²) in [5, 5.41) is 12.4. The second-order valence-electron chi connectivity index (χ2n) is 14.5. The number of carboxylic acid groups (broad SMARTS) is 1. The molecular formula is C39H42F5N3O4. The number of aliphatic carboxylic acids is 1. The highest BCUT2D eigenvalue weighted by Gasteiger charge is 2.39. The van der Waals surface area contributed by atoms with Crippen LogP contribution in [0.5, 0.6) is 0 Å². The number of carboxylic acids is 1. The van der Waals surface area contributed by atoms with Crippen LogP contribution in [0.3, 0.4) is 0 Å². The van der Waals surface area contributed by atoms with Crippen LogP contribution in [0.25, 0.3) is 11.1 Å². The molecule has 0 spiro atoms. The Bertz CT molecular complexity index is 1900. The SMILES string of the molecule is C#Cc1cc(-c2c(C)cc(F)cc2C)cc([C@@H](CC(=O)O)NC(=O)[C@@H](CC(C)C)n2cc(CC3CN(CC4CC4)C3)c(C(F)(F)F)cc2=O)c1F. The number of carbonyl (C=O) groups is 2. The average molecular weight is 712 g/mol. The minimum atomic E-state index is -4.80. The Labute approximate surface area is 293 Å². The van der Waals surface area contributed by atoms with E-state index in [0.717, 1.165) is 30.2 Å². The summed E-state index contributed by atoms with van der Waals surface area (Å²) in [5.74, 6) is -1.07. The lowest BCUT2D eigenvalue weighted by Crippen LogP contribution is -2.48. The second-order valence-corrected chi connectivity index (χ2v) is 14.5. The number of nitrogens with one attached hydrogen (secondary N) is 1. The van der Waals surface area contributed by atoms with Crippen molar-refractivity contribution in [2.75, 3.05) is 19.6 Å². The molecule has 0 unspecified atom stereocenters. The summed E-state index contributed by atoms with van der Waals surface area (Å²) in [6.45, 7) is 9.05. The van der Waals surface area contributed by atoms with Crippen LogP contribution in [0, 0.1) is 55.6 Å². The maximum atomic E-state index is 15.9. The van der Waals surface area contributed by atoms with Gasteiger partial charge in [-0.25, -0.2) is 8.78 Å². The minimum absolute atomic E-state index is 0.0149. The number of pyridine rings is 1. The maximum absolute atomic E-state index is 15.9. The van der Waals surface area contributed by atoms with Crippen molar-refractivity contribution in [2.24, 2.45) is 17.8 Å². The lowest BCUT2D eigenvalue weighted by molar-refractivity contribution is -0.139. The molecule has 51 heavy (non-hydrogen) atoms. The number of hydrogen-bond donors (Lipinski definition) is 2. The number of hydrogen-bond acceptors (Lipinski definition) is 4. The lowest BCUT2D eigenvalue weighted by Gasteiger charge is -2.40. The molecule has 1 saturated heterocycles. The van der Waals surface area contributed by atoms with Gasteiger partial charge >= 0.3 is 12.1 Å². The molecule has 1 aliphatic heterocycles. The van der Waals surface area contributed by atoms with Gasteiger partial charge in [0.15, 0.2) is 0 Å². The Kier molecular flexibility index (Phi) is 11.1. The number of nitrogens with zero attached hydrogens (tertiary/aromatic N) is 2. The number of likely N-dealkylation sites (tertiary alicyclic amines) is 1. The summed E-state index contributed by atoms with van der Waals surface area (Å²) >= 11 is 0. The number of aromatic nitrogens is 1. The van der Waals surface area contributed by atoms with Crippen LogP contribution in [-0.4, -0.2) is 46.1 Å². The Balaban J connectivity index is 1.52. The van der Waals surface area contributed by atoms with E-state index in [1.165, 1.54) is 24.3 Å². The fourth-order valence-corrected chi connectivity index (χ4v) is 7.18. The van der Waals surface area contributed by atoms with E-state index >= 15 is 4.39 Å². The molecule has 2 aromatic carbocycles. The molecule has 1 aromatic heterocycles.